The molecule has 1 aromatic rings. The molecule has 0 spiro atoms. The van der Waals surface area contributed by atoms with Gasteiger partial charge in [0.1, 0.15) is 0 Å². The molecule has 0 aliphatic carbocycles. The van der Waals surface area contributed by atoms with Crippen molar-refractivity contribution in [2.75, 3.05) is 0 Å². The largest absolute Gasteiger partial charge is 0.307 e. The Morgan fingerprint density at radius 1 is 1.64 bits per heavy atom. The van der Waals surface area contributed by atoms with Crippen molar-refractivity contribution in [3.05, 3.63) is 30.9 Å². The number of aryl methyl sites for hydroxylation is 1. The molecule has 0 saturated heterocycles. The maximum Gasteiger partial charge on any atom is 0.0995 e. The minimum atomic E-state index is 0.933. The Balaban J connectivity index is 3.18. The molecule has 0 atom stereocenters. The molecular weight excluding hydrogens is 136 g/mol. The van der Waals surface area contributed by atoms with E-state index in [0.717, 1.165) is 17.8 Å². The van der Waals surface area contributed by atoms with E-state index in [1.807, 2.05) is 4.57 Å². The van der Waals surface area contributed by atoms with Crippen molar-refractivity contribution >= 4 is 12.3 Å². The van der Waals surface area contributed by atoms with Crippen molar-refractivity contribution in [2.45, 2.75) is 13.3 Å². The van der Waals surface area contributed by atoms with E-state index in [-0.39, 0.29) is 0 Å². The van der Waals surface area contributed by atoms with Crippen molar-refractivity contribution in [1.82, 2.24) is 9.55 Å². The second-order valence-electron chi connectivity index (χ2n) is 2.22. The summed E-state index contributed by atoms with van der Waals surface area (Å²) in [5.41, 5.74) is 2.11. The minimum absolute atomic E-state index is 0.933. The summed E-state index contributed by atoms with van der Waals surface area (Å²) in [5, 5.41) is 0. The molecular formula is C9H12N2. The number of aromatic nitrogens is 2. The molecule has 0 aliphatic heterocycles. The fourth-order valence-electron chi connectivity index (χ4n) is 1.05. The summed E-state index contributed by atoms with van der Waals surface area (Å²) in [4.78, 5) is 4.20. The van der Waals surface area contributed by atoms with Gasteiger partial charge >= 0.3 is 0 Å². The lowest BCUT2D eigenvalue weighted by Gasteiger charge is -1.96. The topological polar surface area (TPSA) is 17.8 Å². The SMILES string of the molecule is C=Cc1c(CC)ncn1C=C. The molecule has 2 nitrogen and oxygen atoms in total. The molecule has 0 radical (unpaired) electrons. The number of hydrogen-bond acceptors (Lipinski definition) is 1. The lowest BCUT2D eigenvalue weighted by molar-refractivity contribution is 1.06. The monoisotopic (exact) mass is 148 g/mol. The first kappa shape index (κ1) is 7.79. The van der Waals surface area contributed by atoms with E-state index in [4.69, 9.17) is 0 Å². The highest BCUT2D eigenvalue weighted by Crippen LogP contribution is 2.09. The molecule has 0 aromatic carbocycles. The normalized spacial score (nSPS) is 9.55. The van der Waals surface area contributed by atoms with Gasteiger partial charge in [-0.1, -0.05) is 20.1 Å². The molecule has 11 heavy (non-hydrogen) atoms. The number of imidazole rings is 1. The van der Waals surface area contributed by atoms with Gasteiger partial charge in [-0.05, 0) is 12.5 Å². The maximum atomic E-state index is 4.20. The number of nitrogens with zero attached hydrogens (tertiary/aromatic N) is 2. The van der Waals surface area contributed by atoms with Crippen molar-refractivity contribution in [2.24, 2.45) is 0 Å². The summed E-state index contributed by atoms with van der Waals surface area (Å²) in [6.07, 6.45) is 6.21. The summed E-state index contributed by atoms with van der Waals surface area (Å²) in [6.45, 7) is 9.45. The Morgan fingerprint density at radius 3 is 2.82 bits per heavy atom. The maximum absolute atomic E-state index is 4.20. The Morgan fingerprint density at radius 2 is 2.36 bits per heavy atom. The van der Waals surface area contributed by atoms with Gasteiger partial charge in [0.15, 0.2) is 0 Å². The molecule has 0 fully saturated rings. The van der Waals surface area contributed by atoms with Crippen LogP contribution in [0.3, 0.4) is 0 Å². The van der Waals surface area contributed by atoms with Crippen LogP contribution in [-0.2, 0) is 6.42 Å². The third-order valence-corrected chi connectivity index (χ3v) is 1.64. The van der Waals surface area contributed by atoms with Crippen LogP contribution in [0.15, 0.2) is 19.5 Å². The highest BCUT2D eigenvalue weighted by Gasteiger charge is 2.01. The predicted octanol–water partition coefficient (Wildman–Crippen LogP) is 2.19. The van der Waals surface area contributed by atoms with Crippen molar-refractivity contribution in [1.29, 1.82) is 0 Å². The quantitative estimate of drug-likeness (QED) is 0.642. The standard InChI is InChI=1S/C9H12N2/c1-4-8-9(5-2)11(6-3)7-10-8/h5-7H,2-4H2,1H3. The van der Waals surface area contributed by atoms with Gasteiger partial charge in [-0.3, -0.25) is 0 Å². The first-order valence-corrected chi connectivity index (χ1v) is 3.64. The third-order valence-electron chi connectivity index (χ3n) is 1.64. The molecule has 1 aromatic heterocycles. The van der Waals surface area contributed by atoms with Crippen LogP contribution in [0.5, 0.6) is 0 Å². The average molecular weight is 148 g/mol. The molecule has 0 unspecified atom stereocenters. The summed E-state index contributed by atoms with van der Waals surface area (Å²) in [7, 11) is 0. The fraction of sp³-hybridized carbons (Fsp3) is 0.222. The van der Waals surface area contributed by atoms with Crippen LogP contribution >= 0.6 is 0 Å². The van der Waals surface area contributed by atoms with Crippen molar-refractivity contribution < 1.29 is 0 Å². The zero-order chi connectivity index (χ0) is 8.27. The van der Waals surface area contributed by atoms with Crippen molar-refractivity contribution in [3.8, 4) is 0 Å². The van der Waals surface area contributed by atoms with E-state index in [1.165, 1.54) is 0 Å². The molecule has 58 valence electrons. The second-order valence-corrected chi connectivity index (χ2v) is 2.22. The molecule has 0 saturated carbocycles. The Kier molecular flexibility index (Phi) is 2.26. The Labute approximate surface area is 66.9 Å². The molecule has 0 amide bonds. The van der Waals surface area contributed by atoms with Gasteiger partial charge in [0, 0.05) is 6.20 Å². The minimum Gasteiger partial charge on any atom is -0.307 e. The van der Waals surface area contributed by atoms with Gasteiger partial charge in [-0.2, -0.15) is 0 Å². The lowest BCUT2D eigenvalue weighted by Crippen LogP contribution is -1.89. The lowest BCUT2D eigenvalue weighted by atomic mass is 10.2. The van der Waals surface area contributed by atoms with Crippen LogP contribution < -0.4 is 0 Å². The van der Waals surface area contributed by atoms with Crippen LogP contribution in [0.2, 0.25) is 0 Å². The smallest absolute Gasteiger partial charge is 0.0995 e. The van der Waals surface area contributed by atoms with Gasteiger partial charge in [0.05, 0.1) is 17.7 Å². The van der Waals surface area contributed by atoms with Gasteiger partial charge in [-0.15, -0.1) is 0 Å². The second kappa shape index (κ2) is 3.19. The Bertz CT molecular complexity index is 271. The summed E-state index contributed by atoms with van der Waals surface area (Å²) in [6, 6.07) is 0. The first-order valence-electron chi connectivity index (χ1n) is 3.64. The third kappa shape index (κ3) is 1.24. The van der Waals surface area contributed by atoms with E-state index < -0.39 is 0 Å². The van der Waals surface area contributed by atoms with Gasteiger partial charge in [0.25, 0.3) is 0 Å². The molecule has 0 N–H and O–H groups in total. The van der Waals surface area contributed by atoms with Gasteiger partial charge in [0.2, 0.25) is 0 Å². The highest BCUT2D eigenvalue weighted by molar-refractivity contribution is 5.49. The molecule has 2 heteroatoms. The average Bonchev–Trinajstić information content (AvgIpc) is 2.45. The van der Waals surface area contributed by atoms with Gasteiger partial charge < -0.3 is 4.57 Å². The Hall–Kier alpha value is -1.31. The van der Waals surface area contributed by atoms with E-state index in [9.17, 15) is 0 Å². The van der Waals surface area contributed by atoms with Crippen LogP contribution in [0.25, 0.3) is 12.3 Å². The highest BCUT2D eigenvalue weighted by atomic mass is 15.0. The summed E-state index contributed by atoms with van der Waals surface area (Å²) >= 11 is 0. The summed E-state index contributed by atoms with van der Waals surface area (Å²) < 4.78 is 1.87. The van der Waals surface area contributed by atoms with E-state index >= 15 is 0 Å². The molecule has 1 heterocycles. The number of hydrogen-bond donors (Lipinski definition) is 0. The van der Waals surface area contributed by atoms with Crippen molar-refractivity contribution in [3.63, 3.8) is 0 Å². The fourth-order valence-corrected chi connectivity index (χ4v) is 1.05. The van der Waals surface area contributed by atoms with E-state index in [0.29, 0.717) is 0 Å². The van der Waals surface area contributed by atoms with Crippen LogP contribution in [0.4, 0.5) is 0 Å². The van der Waals surface area contributed by atoms with Crippen LogP contribution in [0, 0.1) is 0 Å². The molecule has 0 aliphatic rings. The van der Waals surface area contributed by atoms with Crippen LogP contribution in [-0.4, -0.2) is 9.55 Å². The predicted molar refractivity (Wildman–Crippen MR) is 48.1 cm³/mol. The zero-order valence-corrected chi connectivity index (χ0v) is 6.75. The van der Waals surface area contributed by atoms with E-state index in [2.05, 4.69) is 25.1 Å². The van der Waals surface area contributed by atoms with E-state index in [1.54, 1.807) is 18.6 Å². The van der Waals surface area contributed by atoms with Crippen LogP contribution in [0.1, 0.15) is 18.3 Å². The zero-order valence-electron chi connectivity index (χ0n) is 6.75. The molecule has 1 rings (SSSR count). The molecule has 0 bridgehead atoms. The first-order chi connectivity index (χ1) is 5.33. The summed E-state index contributed by atoms with van der Waals surface area (Å²) in [5.74, 6) is 0. The number of rotatable bonds is 3. The van der Waals surface area contributed by atoms with Gasteiger partial charge in [-0.25, -0.2) is 4.98 Å².